The first kappa shape index (κ1) is 17.8. The van der Waals surface area contributed by atoms with Crippen LogP contribution in [0, 0.1) is 13.8 Å². The third kappa shape index (κ3) is 3.11. The van der Waals surface area contributed by atoms with Gasteiger partial charge in [-0.3, -0.25) is 19.0 Å². The summed E-state index contributed by atoms with van der Waals surface area (Å²) in [6, 6.07) is 6.61. The van der Waals surface area contributed by atoms with Crippen molar-refractivity contribution in [3.63, 3.8) is 0 Å². The molecule has 0 aliphatic heterocycles. The summed E-state index contributed by atoms with van der Waals surface area (Å²) in [5, 5.41) is 3.10. The van der Waals surface area contributed by atoms with Crippen molar-refractivity contribution in [3.05, 3.63) is 57.0 Å². The number of nitrogens with zero attached hydrogens (tertiary/aromatic N) is 2. The molecule has 1 aromatic carbocycles. The molecule has 0 saturated carbocycles. The van der Waals surface area contributed by atoms with Crippen molar-refractivity contribution in [2.45, 2.75) is 26.8 Å². The van der Waals surface area contributed by atoms with Gasteiger partial charge in [-0.05, 0) is 38.5 Å². The number of aromatic nitrogens is 2. The van der Waals surface area contributed by atoms with Crippen molar-refractivity contribution in [2.24, 2.45) is 5.73 Å². The molecule has 2 aromatic heterocycles. The summed E-state index contributed by atoms with van der Waals surface area (Å²) in [4.78, 5) is 41.8. The van der Waals surface area contributed by atoms with Crippen LogP contribution in [0.1, 0.15) is 33.8 Å². The van der Waals surface area contributed by atoms with Gasteiger partial charge in [0.25, 0.3) is 11.5 Å². The van der Waals surface area contributed by atoms with Gasteiger partial charge < -0.3 is 11.1 Å². The number of aryl methyl sites for hydroxylation is 2. The molecular weight excluding hydrogens is 352 g/mol. The van der Waals surface area contributed by atoms with Gasteiger partial charge >= 0.3 is 0 Å². The standard InChI is InChI=1S/C18H18N4O3S/c1-9-4-6-12(7-5-9)21-16(24)11(3)22-8-20-17-13(18(22)25)10(2)14(26-17)15(19)23/h4-8,11H,1-3H3,(H2,19,23)(H,21,24)/t11-/m1/s1. The number of benzene rings is 1. The van der Waals surface area contributed by atoms with Crippen LogP contribution < -0.4 is 16.6 Å². The average molecular weight is 370 g/mol. The van der Waals surface area contributed by atoms with E-state index >= 15 is 0 Å². The van der Waals surface area contributed by atoms with Crippen molar-refractivity contribution in [1.29, 1.82) is 0 Å². The largest absolute Gasteiger partial charge is 0.365 e. The number of primary amides is 1. The number of carbonyl (C=O) groups is 2. The summed E-state index contributed by atoms with van der Waals surface area (Å²) < 4.78 is 1.26. The second-order valence-corrected chi connectivity index (χ2v) is 7.09. The Bertz CT molecular complexity index is 1070. The second kappa shape index (κ2) is 6.72. The van der Waals surface area contributed by atoms with Gasteiger partial charge in [-0.15, -0.1) is 11.3 Å². The zero-order valence-corrected chi connectivity index (χ0v) is 15.4. The van der Waals surface area contributed by atoms with Gasteiger partial charge in [-0.1, -0.05) is 17.7 Å². The minimum absolute atomic E-state index is 0.305. The average Bonchev–Trinajstić information content (AvgIpc) is 2.94. The summed E-state index contributed by atoms with van der Waals surface area (Å²) >= 11 is 1.08. The number of thiophene rings is 1. The lowest BCUT2D eigenvalue weighted by Crippen LogP contribution is -2.31. The molecule has 3 aromatic rings. The van der Waals surface area contributed by atoms with Crippen LogP contribution in [0.2, 0.25) is 0 Å². The van der Waals surface area contributed by atoms with Crippen LogP contribution in [-0.2, 0) is 4.79 Å². The van der Waals surface area contributed by atoms with E-state index in [1.165, 1.54) is 10.9 Å². The number of hydrogen-bond acceptors (Lipinski definition) is 5. The third-order valence-electron chi connectivity index (χ3n) is 4.22. The van der Waals surface area contributed by atoms with Gasteiger partial charge in [-0.25, -0.2) is 4.98 Å². The van der Waals surface area contributed by atoms with E-state index in [9.17, 15) is 14.4 Å². The molecule has 0 radical (unpaired) electrons. The summed E-state index contributed by atoms with van der Waals surface area (Å²) in [6.07, 6.45) is 1.32. The van der Waals surface area contributed by atoms with E-state index in [1.54, 1.807) is 26.0 Å². The maximum atomic E-state index is 12.8. The zero-order valence-electron chi connectivity index (χ0n) is 14.6. The molecule has 0 bridgehead atoms. The topological polar surface area (TPSA) is 107 Å². The highest BCUT2D eigenvalue weighted by molar-refractivity contribution is 7.20. The summed E-state index contributed by atoms with van der Waals surface area (Å²) in [5.41, 5.74) is 7.20. The molecule has 0 fully saturated rings. The molecule has 134 valence electrons. The predicted octanol–water partition coefficient (Wildman–Crippen LogP) is 2.37. The van der Waals surface area contributed by atoms with Gasteiger partial charge in [-0.2, -0.15) is 0 Å². The third-order valence-corrected chi connectivity index (χ3v) is 5.43. The number of nitrogens with two attached hydrogens (primary N) is 1. The van der Waals surface area contributed by atoms with E-state index in [4.69, 9.17) is 5.73 Å². The van der Waals surface area contributed by atoms with Gasteiger partial charge in [0.05, 0.1) is 16.6 Å². The van der Waals surface area contributed by atoms with Gasteiger partial charge in [0, 0.05) is 5.69 Å². The molecule has 0 aliphatic rings. The molecule has 0 saturated heterocycles. The molecule has 0 aliphatic carbocycles. The Labute approximate surface area is 153 Å². The second-order valence-electron chi connectivity index (χ2n) is 6.09. The van der Waals surface area contributed by atoms with Crippen molar-refractivity contribution >= 4 is 39.1 Å². The van der Waals surface area contributed by atoms with E-state index in [0.717, 1.165) is 16.9 Å². The van der Waals surface area contributed by atoms with E-state index in [-0.39, 0.29) is 11.5 Å². The minimum Gasteiger partial charge on any atom is -0.365 e. The Morgan fingerprint density at radius 2 is 1.88 bits per heavy atom. The highest BCUT2D eigenvalue weighted by Crippen LogP contribution is 2.26. The molecule has 0 unspecified atom stereocenters. The monoisotopic (exact) mass is 370 g/mol. The van der Waals surface area contributed by atoms with Crippen molar-refractivity contribution in [2.75, 3.05) is 5.32 Å². The quantitative estimate of drug-likeness (QED) is 0.735. The summed E-state index contributed by atoms with van der Waals surface area (Å²) in [5.74, 6) is -0.929. The van der Waals surface area contributed by atoms with Crippen LogP contribution in [0.4, 0.5) is 5.69 Å². The number of nitrogens with one attached hydrogen (secondary N) is 1. The van der Waals surface area contributed by atoms with Gasteiger partial charge in [0.2, 0.25) is 5.91 Å². The first-order chi connectivity index (χ1) is 12.3. The maximum Gasteiger partial charge on any atom is 0.263 e. The van der Waals surface area contributed by atoms with Crippen LogP contribution in [0.3, 0.4) is 0 Å². The van der Waals surface area contributed by atoms with Crippen LogP contribution in [0.25, 0.3) is 10.2 Å². The van der Waals surface area contributed by atoms with E-state index in [1.807, 2.05) is 19.1 Å². The van der Waals surface area contributed by atoms with Crippen molar-refractivity contribution in [1.82, 2.24) is 9.55 Å². The van der Waals surface area contributed by atoms with Crippen LogP contribution >= 0.6 is 11.3 Å². The highest BCUT2D eigenvalue weighted by atomic mass is 32.1. The minimum atomic E-state index is -0.767. The fourth-order valence-corrected chi connectivity index (χ4v) is 3.65. The SMILES string of the molecule is Cc1ccc(NC(=O)[C@@H](C)n2cnc3sc(C(N)=O)c(C)c3c2=O)cc1. The summed E-state index contributed by atoms with van der Waals surface area (Å²) in [6.45, 7) is 5.23. The molecule has 2 amide bonds. The molecule has 3 rings (SSSR count). The number of anilines is 1. The molecule has 7 nitrogen and oxygen atoms in total. The van der Waals surface area contributed by atoms with E-state index in [2.05, 4.69) is 10.3 Å². The van der Waals surface area contributed by atoms with Crippen LogP contribution in [-0.4, -0.2) is 21.4 Å². The lowest BCUT2D eigenvalue weighted by molar-refractivity contribution is -0.118. The molecule has 8 heteroatoms. The normalized spacial score (nSPS) is 12.1. The van der Waals surface area contributed by atoms with E-state index in [0.29, 0.717) is 26.3 Å². The van der Waals surface area contributed by atoms with E-state index < -0.39 is 11.9 Å². The molecule has 0 spiro atoms. The molecule has 1 atom stereocenters. The van der Waals surface area contributed by atoms with Gasteiger partial charge in [0.15, 0.2) is 0 Å². The fraction of sp³-hybridized carbons (Fsp3) is 0.222. The first-order valence-corrected chi connectivity index (χ1v) is 8.78. The van der Waals surface area contributed by atoms with Crippen molar-refractivity contribution < 1.29 is 9.59 Å². The maximum absolute atomic E-state index is 12.8. The predicted molar refractivity (Wildman–Crippen MR) is 102 cm³/mol. The van der Waals surface area contributed by atoms with Crippen LogP contribution in [0.5, 0.6) is 0 Å². The molecule has 3 N–H and O–H groups in total. The zero-order chi connectivity index (χ0) is 19.0. The highest BCUT2D eigenvalue weighted by Gasteiger charge is 2.22. The number of fused-ring (bicyclic) bond motifs is 1. The fourth-order valence-electron chi connectivity index (χ4n) is 2.66. The molecule has 26 heavy (non-hydrogen) atoms. The Morgan fingerprint density at radius 3 is 2.50 bits per heavy atom. The molecule has 2 heterocycles. The Kier molecular flexibility index (Phi) is 4.60. The first-order valence-electron chi connectivity index (χ1n) is 7.97. The lowest BCUT2D eigenvalue weighted by atomic mass is 10.2. The summed E-state index contributed by atoms with van der Waals surface area (Å²) in [7, 11) is 0. The number of amides is 2. The molecular formula is C18H18N4O3S. The van der Waals surface area contributed by atoms with Crippen molar-refractivity contribution in [3.8, 4) is 0 Å². The number of carbonyl (C=O) groups excluding carboxylic acids is 2. The Hall–Kier alpha value is -3.00. The van der Waals surface area contributed by atoms with Crippen LogP contribution in [0.15, 0.2) is 35.4 Å². The Morgan fingerprint density at radius 1 is 1.23 bits per heavy atom. The smallest absolute Gasteiger partial charge is 0.263 e. The lowest BCUT2D eigenvalue weighted by Gasteiger charge is -2.15. The number of rotatable bonds is 4. The van der Waals surface area contributed by atoms with Gasteiger partial charge in [0.1, 0.15) is 10.9 Å². The Balaban J connectivity index is 1.96. The number of hydrogen-bond donors (Lipinski definition) is 2.